The molecule has 0 radical (unpaired) electrons. The highest BCUT2D eigenvalue weighted by atomic mass is 19.1. The van der Waals surface area contributed by atoms with Crippen LogP contribution < -0.4 is 10.6 Å². The first-order valence-corrected chi connectivity index (χ1v) is 8.49. The number of rotatable bonds is 6. The fraction of sp³-hybridized carbons (Fsp3) is 0.444. The smallest absolute Gasteiger partial charge is 0.271 e. The predicted molar refractivity (Wildman–Crippen MR) is 91.9 cm³/mol. The molecule has 1 aliphatic rings. The van der Waals surface area contributed by atoms with E-state index in [0.29, 0.717) is 18.3 Å². The number of hydrogen-bond acceptors (Lipinski definition) is 4. The molecule has 1 saturated heterocycles. The molecule has 0 bridgehead atoms. The quantitative estimate of drug-likeness (QED) is 0.840. The maximum absolute atomic E-state index is 13.0. The van der Waals surface area contributed by atoms with Crippen LogP contribution in [0, 0.1) is 5.82 Å². The molecule has 25 heavy (non-hydrogen) atoms. The Balaban J connectivity index is 1.58. The number of hydrogen-bond donors (Lipinski definition) is 2. The van der Waals surface area contributed by atoms with Crippen LogP contribution in [0.5, 0.6) is 0 Å². The number of aromatic nitrogens is 2. The maximum atomic E-state index is 13.0. The molecule has 6 nitrogen and oxygen atoms in total. The molecule has 2 N–H and O–H groups in total. The molecule has 1 aromatic carbocycles. The van der Waals surface area contributed by atoms with Crippen LogP contribution in [0.1, 0.15) is 41.0 Å². The molecule has 2 unspecified atom stereocenters. The molecule has 1 aliphatic heterocycles. The molecule has 134 valence electrons. The van der Waals surface area contributed by atoms with Crippen LogP contribution >= 0.6 is 0 Å². The van der Waals surface area contributed by atoms with E-state index in [9.17, 15) is 9.18 Å². The SMILES string of the molecule is COC(CNC(=O)c1ccn(C2CCCNC2)n1)c1ccc(F)cc1. The number of methoxy groups -OCH3 is 1. The van der Waals surface area contributed by atoms with Gasteiger partial charge in [0.15, 0.2) is 0 Å². The minimum atomic E-state index is -0.339. The van der Waals surface area contributed by atoms with Crippen LogP contribution in [0.15, 0.2) is 36.5 Å². The zero-order chi connectivity index (χ0) is 17.6. The second-order valence-electron chi connectivity index (χ2n) is 6.17. The van der Waals surface area contributed by atoms with E-state index in [-0.39, 0.29) is 17.8 Å². The lowest BCUT2D eigenvalue weighted by Gasteiger charge is -2.22. The van der Waals surface area contributed by atoms with E-state index in [2.05, 4.69) is 15.7 Å². The Morgan fingerprint density at radius 3 is 2.92 bits per heavy atom. The summed E-state index contributed by atoms with van der Waals surface area (Å²) in [5.41, 5.74) is 1.20. The fourth-order valence-corrected chi connectivity index (χ4v) is 3.01. The molecule has 3 rings (SSSR count). The summed E-state index contributed by atoms with van der Waals surface area (Å²) in [4.78, 5) is 12.3. The minimum Gasteiger partial charge on any atom is -0.375 e. The van der Waals surface area contributed by atoms with Crippen molar-refractivity contribution in [1.29, 1.82) is 0 Å². The van der Waals surface area contributed by atoms with Crippen molar-refractivity contribution < 1.29 is 13.9 Å². The second-order valence-corrected chi connectivity index (χ2v) is 6.17. The minimum absolute atomic E-state index is 0.244. The van der Waals surface area contributed by atoms with E-state index in [1.54, 1.807) is 25.3 Å². The summed E-state index contributed by atoms with van der Waals surface area (Å²) in [6.45, 7) is 2.20. The number of ether oxygens (including phenoxy) is 1. The largest absolute Gasteiger partial charge is 0.375 e. The monoisotopic (exact) mass is 346 g/mol. The van der Waals surface area contributed by atoms with Crippen LogP contribution in [0.3, 0.4) is 0 Å². The summed E-state index contributed by atoms with van der Waals surface area (Å²) < 4.78 is 20.3. The lowest BCUT2D eigenvalue weighted by molar-refractivity contribution is 0.0823. The van der Waals surface area contributed by atoms with Gasteiger partial charge >= 0.3 is 0 Å². The van der Waals surface area contributed by atoms with E-state index in [1.807, 2.05) is 10.9 Å². The molecule has 2 heterocycles. The number of carbonyl (C=O) groups is 1. The highest BCUT2D eigenvalue weighted by Crippen LogP contribution is 2.17. The normalized spacial score (nSPS) is 18.7. The Hall–Kier alpha value is -2.25. The molecule has 1 fully saturated rings. The van der Waals surface area contributed by atoms with E-state index < -0.39 is 0 Å². The van der Waals surface area contributed by atoms with Gasteiger partial charge in [-0.05, 0) is 43.1 Å². The van der Waals surface area contributed by atoms with Crippen molar-refractivity contribution in [3.8, 4) is 0 Å². The molecule has 0 saturated carbocycles. The van der Waals surface area contributed by atoms with Crippen molar-refractivity contribution in [2.24, 2.45) is 0 Å². The van der Waals surface area contributed by atoms with Crippen LogP contribution in [0.4, 0.5) is 4.39 Å². The first-order chi connectivity index (χ1) is 12.2. The number of benzene rings is 1. The van der Waals surface area contributed by atoms with Gasteiger partial charge in [0.2, 0.25) is 0 Å². The van der Waals surface area contributed by atoms with Gasteiger partial charge < -0.3 is 15.4 Å². The Morgan fingerprint density at radius 1 is 1.44 bits per heavy atom. The van der Waals surface area contributed by atoms with E-state index in [4.69, 9.17) is 4.74 Å². The Labute approximate surface area is 146 Å². The van der Waals surface area contributed by atoms with Crippen molar-refractivity contribution in [3.63, 3.8) is 0 Å². The molecule has 2 aromatic rings. The summed E-state index contributed by atoms with van der Waals surface area (Å²) in [6, 6.07) is 8.08. The maximum Gasteiger partial charge on any atom is 0.271 e. The van der Waals surface area contributed by atoms with E-state index in [1.165, 1.54) is 12.1 Å². The third kappa shape index (κ3) is 4.43. The van der Waals surface area contributed by atoms with Gasteiger partial charge in [-0.3, -0.25) is 9.48 Å². The summed E-state index contributed by atoms with van der Waals surface area (Å²) in [7, 11) is 1.56. The average Bonchev–Trinajstić information content (AvgIpc) is 3.14. The van der Waals surface area contributed by atoms with Gasteiger partial charge in [-0.25, -0.2) is 4.39 Å². The molecule has 1 amide bonds. The number of nitrogens with zero attached hydrogens (tertiary/aromatic N) is 2. The van der Waals surface area contributed by atoms with Crippen molar-refractivity contribution in [1.82, 2.24) is 20.4 Å². The van der Waals surface area contributed by atoms with E-state index >= 15 is 0 Å². The molecular weight excluding hydrogens is 323 g/mol. The third-order valence-corrected chi connectivity index (χ3v) is 4.46. The average molecular weight is 346 g/mol. The molecule has 2 atom stereocenters. The van der Waals surface area contributed by atoms with Crippen molar-refractivity contribution in [2.45, 2.75) is 25.0 Å². The first-order valence-electron chi connectivity index (χ1n) is 8.49. The van der Waals surface area contributed by atoms with Gasteiger partial charge in [0.1, 0.15) is 11.5 Å². The van der Waals surface area contributed by atoms with Crippen LogP contribution in [-0.4, -0.2) is 42.4 Å². The number of halogens is 1. The van der Waals surface area contributed by atoms with Gasteiger partial charge in [-0.1, -0.05) is 12.1 Å². The van der Waals surface area contributed by atoms with Gasteiger partial charge in [0.25, 0.3) is 5.91 Å². The third-order valence-electron chi connectivity index (χ3n) is 4.46. The predicted octanol–water partition coefficient (Wildman–Crippen LogP) is 2.06. The van der Waals surface area contributed by atoms with Crippen LogP contribution in [0.2, 0.25) is 0 Å². The number of nitrogens with one attached hydrogen (secondary N) is 2. The Bertz CT molecular complexity index is 695. The second kappa shape index (κ2) is 8.22. The topological polar surface area (TPSA) is 68.2 Å². The number of carbonyl (C=O) groups excluding carboxylic acids is 1. The Kier molecular flexibility index (Phi) is 5.78. The van der Waals surface area contributed by atoms with Crippen molar-refractivity contribution in [2.75, 3.05) is 26.7 Å². The van der Waals surface area contributed by atoms with Gasteiger partial charge in [-0.15, -0.1) is 0 Å². The van der Waals surface area contributed by atoms with E-state index in [0.717, 1.165) is 31.5 Å². The zero-order valence-electron chi connectivity index (χ0n) is 14.2. The summed E-state index contributed by atoms with van der Waals surface area (Å²) in [5, 5.41) is 10.6. The summed E-state index contributed by atoms with van der Waals surface area (Å²) >= 11 is 0. The summed E-state index contributed by atoms with van der Waals surface area (Å²) in [5.74, 6) is -0.544. The Morgan fingerprint density at radius 2 is 2.24 bits per heavy atom. The number of piperidine rings is 1. The van der Waals surface area contributed by atoms with Crippen molar-refractivity contribution in [3.05, 3.63) is 53.6 Å². The number of amides is 1. The van der Waals surface area contributed by atoms with Gasteiger partial charge in [0.05, 0.1) is 12.1 Å². The standard InChI is InChI=1S/C18H23FN4O2/c1-25-17(13-4-6-14(19)7-5-13)12-21-18(24)16-8-10-23(22-16)15-3-2-9-20-11-15/h4-8,10,15,17,20H,2-3,9,11-12H2,1H3,(H,21,24). The summed E-state index contributed by atoms with van der Waals surface area (Å²) in [6.07, 6.45) is 3.68. The lowest BCUT2D eigenvalue weighted by Crippen LogP contribution is -2.32. The molecular formula is C18H23FN4O2. The molecule has 7 heteroatoms. The lowest BCUT2D eigenvalue weighted by atomic mass is 10.1. The molecule has 0 aliphatic carbocycles. The zero-order valence-corrected chi connectivity index (χ0v) is 14.2. The van der Waals surface area contributed by atoms with Crippen LogP contribution in [-0.2, 0) is 4.74 Å². The highest BCUT2D eigenvalue weighted by molar-refractivity contribution is 5.92. The van der Waals surface area contributed by atoms with Gasteiger partial charge in [-0.2, -0.15) is 5.10 Å². The first kappa shape index (κ1) is 17.6. The highest BCUT2D eigenvalue weighted by Gasteiger charge is 2.18. The van der Waals surface area contributed by atoms with Crippen molar-refractivity contribution >= 4 is 5.91 Å². The fourth-order valence-electron chi connectivity index (χ4n) is 3.01. The molecule has 1 aromatic heterocycles. The van der Waals surface area contributed by atoms with Crippen LogP contribution in [0.25, 0.3) is 0 Å². The van der Waals surface area contributed by atoms with Gasteiger partial charge in [0, 0.05) is 26.4 Å². The molecule has 0 spiro atoms.